The van der Waals surface area contributed by atoms with Gasteiger partial charge in [-0.15, -0.1) is 0 Å². The van der Waals surface area contributed by atoms with E-state index in [0.29, 0.717) is 13.0 Å². The van der Waals surface area contributed by atoms with Crippen molar-refractivity contribution in [3.63, 3.8) is 0 Å². The number of rotatable bonds is 35. The predicted octanol–water partition coefficient (Wildman–Crippen LogP) is 7.35. The van der Waals surface area contributed by atoms with E-state index in [1.807, 2.05) is 0 Å². The Kier molecular flexibility index (Phi) is 29.7. The molecule has 1 rings (SSSR count). The molecule has 6 unspecified atom stereocenters. The standard InChI is InChI=1S/C38H74O12S/c1-3-5-7-9-11-13-14-15-16-17-18-19-20-22-24-26-28-46-30-32(48-34(40)27-25-23-21-12-10-8-6-4-2)31-47-38-36(42)37(50-51(43,44)45)35(41)33(29-39)49-38/h32-33,35-39,41-42H,3-31H2,1-2H3,(H,43,44,45). The third kappa shape index (κ3) is 25.7. The Morgan fingerprint density at radius 2 is 1.12 bits per heavy atom. The molecule has 0 aromatic rings. The molecule has 1 heterocycles. The Morgan fingerprint density at radius 1 is 0.667 bits per heavy atom. The smallest absolute Gasteiger partial charge is 0.397 e. The Bertz CT molecular complexity index is 921. The SMILES string of the molecule is CCCCCCCCCCCCCCCCCCOCC(COC1OC(CO)C(O)C(OS(=O)(=O)O)C1O)OC(=O)CCCCCCCCCC. The first kappa shape index (κ1) is 48.1. The van der Waals surface area contributed by atoms with Gasteiger partial charge >= 0.3 is 16.4 Å². The van der Waals surface area contributed by atoms with E-state index in [4.69, 9.17) is 23.5 Å². The third-order valence-electron chi connectivity index (χ3n) is 9.48. The molecule has 1 saturated heterocycles. The summed E-state index contributed by atoms with van der Waals surface area (Å²) >= 11 is 0. The number of carbonyl (C=O) groups is 1. The average Bonchev–Trinajstić information content (AvgIpc) is 3.09. The summed E-state index contributed by atoms with van der Waals surface area (Å²) in [5, 5.41) is 30.5. The minimum absolute atomic E-state index is 0.0434. The van der Waals surface area contributed by atoms with Crippen LogP contribution in [0.5, 0.6) is 0 Å². The van der Waals surface area contributed by atoms with Crippen LogP contribution in [0, 0.1) is 0 Å². The summed E-state index contributed by atoms with van der Waals surface area (Å²) in [6, 6.07) is 0. The van der Waals surface area contributed by atoms with Crippen LogP contribution < -0.4 is 0 Å². The quantitative estimate of drug-likeness (QED) is 0.0288. The number of esters is 1. The number of ether oxygens (including phenoxy) is 4. The van der Waals surface area contributed by atoms with Gasteiger partial charge in [-0.3, -0.25) is 9.35 Å². The first-order chi connectivity index (χ1) is 24.6. The van der Waals surface area contributed by atoms with Gasteiger partial charge in [0.15, 0.2) is 6.29 Å². The van der Waals surface area contributed by atoms with Crippen LogP contribution in [0.25, 0.3) is 0 Å². The number of aliphatic hydroxyl groups excluding tert-OH is 3. The molecule has 304 valence electrons. The van der Waals surface area contributed by atoms with Crippen molar-refractivity contribution < 1.29 is 56.2 Å². The minimum atomic E-state index is -5.05. The van der Waals surface area contributed by atoms with Crippen LogP contribution in [-0.2, 0) is 38.3 Å². The van der Waals surface area contributed by atoms with Crippen LogP contribution in [-0.4, -0.2) is 97.5 Å². The van der Waals surface area contributed by atoms with E-state index in [-0.39, 0.29) is 19.6 Å². The molecule has 0 saturated carbocycles. The van der Waals surface area contributed by atoms with Crippen LogP contribution >= 0.6 is 0 Å². The van der Waals surface area contributed by atoms with E-state index in [9.17, 15) is 28.5 Å². The van der Waals surface area contributed by atoms with E-state index < -0.39 is 59.8 Å². The fourth-order valence-corrected chi connectivity index (χ4v) is 6.89. The van der Waals surface area contributed by atoms with Gasteiger partial charge < -0.3 is 34.3 Å². The highest BCUT2D eigenvalue weighted by Crippen LogP contribution is 2.26. The molecule has 0 aliphatic carbocycles. The Morgan fingerprint density at radius 3 is 1.57 bits per heavy atom. The van der Waals surface area contributed by atoms with E-state index in [1.165, 1.54) is 109 Å². The van der Waals surface area contributed by atoms with Crippen molar-refractivity contribution in [2.75, 3.05) is 26.4 Å². The summed E-state index contributed by atoms with van der Waals surface area (Å²) in [4.78, 5) is 12.7. The van der Waals surface area contributed by atoms with Gasteiger partial charge in [-0.2, -0.15) is 8.42 Å². The van der Waals surface area contributed by atoms with Crippen molar-refractivity contribution >= 4 is 16.4 Å². The topological polar surface area (TPSA) is 178 Å². The molecular weight excluding hydrogens is 680 g/mol. The van der Waals surface area contributed by atoms with Gasteiger partial charge in [0.25, 0.3) is 0 Å². The molecule has 1 fully saturated rings. The van der Waals surface area contributed by atoms with Crippen LogP contribution in [0.1, 0.15) is 174 Å². The van der Waals surface area contributed by atoms with Gasteiger partial charge in [0.05, 0.1) is 19.8 Å². The van der Waals surface area contributed by atoms with Crippen LogP contribution in [0.4, 0.5) is 0 Å². The summed E-state index contributed by atoms with van der Waals surface area (Å²) in [6.45, 7) is 3.96. The maximum Gasteiger partial charge on any atom is 0.397 e. The van der Waals surface area contributed by atoms with E-state index in [0.717, 1.165) is 38.5 Å². The molecule has 13 heteroatoms. The van der Waals surface area contributed by atoms with Gasteiger partial charge in [0.2, 0.25) is 0 Å². The monoisotopic (exact) mass is 754 g/mol. The number of hydrogen-bond acceptors (Lipinski definition) is 11. The van der Waals surface area contributed by atoms with Crippen molar-refractivity contribution in [1.82, 2.24) is 0 Å². The second-order valence-electron chi connectivity index (χ2n) is 14.2. The first-order valence-electron chi connectivity index (χ1n) is 20.3. The molecule has 1 aliphatic rings. The summed E-state index contributed by atoms with van der Waals surface area (Å²) in [7, 11) is -5.05. The highest BCUT2D eigenvalue weighted by molar-refractivity contribution is 7.80. The maximum absolute atomic E-state index is 12.7. The highest BCUT2D eigenvalue weighted by Gasteiger charge is 2.48. The lowest BCUT2D eigenvalue weighted by Crippen LogP contribution is -2.60. The number of unbranched alkanes of at least 4 members (excludes halogenated alkanes) is 22. The van der Waals surface area contributed by atoms with Gasteiger partial charge in [0.1, 0.15) is 30.5 Å². The molecule has 51 heavy (non-hydrogen) atoms. The van der Waals surface area contributed by atoms with Crippen LogP contribution in [0.2, 0.25) is 0 Å². The Hall–Kier alpha value is -0.900. The summed E-state index contributed by atoms with van der Waals surface area (Å²) in [5.41, 5.74) is 0. The normalized spacial score (nSPS) is 21.6. The molecule has 1 aliphatic heterocycles. The lowest BCUT2D eigenvalue weighted by atomic mass is 9.99. The highest BCUT2D eigenvalue weighted by atomic mass is 32.3. The maximum atomic E-state index is 12.7. The molecule has 0 spiro atoms. The largest absolute Gasteiger partial charge is 0.457 e. The zero-order valence-electron chi connectivity index (χ0n) is 31.9. The van der Waals surface area contributed by atoms with Crippen molar-refractivity contribution in [2.24, 2.45) is 0 Å². The van der Waals surface area contributed by atoms with Crippen LogP contribution in [0.15, 0.2) is 0 Å². The Labute approximate surface area is 309 Å². The zero-order valence-corrected chi connectivity index (χ0v) is 32.7. The fourth-order valence-electron chi connectivity index (χ4n) is 6.38. The van der Waals surface area contributed by atoms with Gasteiger partial charge in [-0.1, -0.05) is 155 Å². The van der Waals surface area contributed by atoms with Gasteiger partial charge in [-0.05, 0) is 12.8 Å². The number of carbonyl (C=O) groups excluding carboxylic acids is 1. The lowest BCUT2D eigenvalue weighted by molar-refractivity contribution is -0.301. The van der Waals surface area contributed by atoms with Crippen molar-refractivity contribution in [3.05, 3.63) is 0 Å². The summed E-state index contributed by atoms with van der Waals surface area (Å²) in [6.07, 6.45) is 20.2. The average molecular weight is 755 g/mol. The summed E-state index contributed by atoms with van der Waals surface area (Å²) in [5.74, 6) is -0.401. The third-order valence-corrected chi connectivity index (χ3v) is 9.94. The van der Waals surface area contributed by atoms with Crippen molar-refractivity contribution in [2.45, 2.75) is 211 Å². The molecule has 6 atom stereocenters. The zero-order chi connectivity index (χ0) is 37.6. The van der Waals surface area contributed by atoms with E-state index in [1.54, 1.807) is 0 Å². The summed E-state index contributed by atoms with van der Waals surface area (Å²) < 4.78 is 58.7. The van der Waals surface area contributed by atoms with E-state index in [2.05, 4.69) is 18.0 Å². The number of aliphatic hydroxyl groups is 3. The van der Waals surface area contributed by atoms with E-state index >= 15 is 0 Å². The van der Waals surface area contributed by atoms with Crippen LogP contribution in [0.3, 0.4) is 0 Å². The van der Waals surface area contributed by atoms with Crippen molar-refractivity contribution in [1.29, 1.82) is 0 Å². The van der Waals surface area contributed by atoms with Crippen molar-refractivity contribution in [3.8, 4) is 0 Å². The molecule has 12 nitrogen and oxygen atoms in total. The molecule has 4 N–H and O–H groups in total. The molecule has 0 radical (unpaired) electrons. The first-order valence-corrected chi connectivity index (χ1v) is 21.7. The predicted molar refractivity (Wildman–Crippen MR) is 198 cm³/mol. The molecule has 0 amide bonds. The lowest BCUT2D eigenvalue weighted by Gasteiger charge is -2.41. The molecule has 0 aromatic carbocycles. The molecule has 0 aromatic heterocycles. The second kappa shape index (κ2) is 31.5. The molecular formula is C38H74O12S. The fraction of sp³-hybridized carbons (Fsp3) is 0.974. The molecule has 0 bridgehead atoms. The Balaban J connectivity index is 2.42. The number of hydrogen-bond donors (Lipinski definition) is 4. The second-order valence-corrected chi connectivity index (χ2v) is 15.3. The van der Waals surface area contributed by atoms with Gasteiger partial charge in [0, 0.05) is 13.0 Å². The minimum Gasteiger partial charge on any atom is -0.457 e. The van der Waals surface area contributed by atoms with Gasteiger partial charge in [-0.25, -0.2) is 4.18 Å².